The van der Waals surface area contributed by atoms with E-state index < -0.39 is 46.5 Å². The minimum Gasteiger partial charge on any atom is -0.465 e. The summed E-state index contributed by atoms with van der Waals surface area (Å²) in [6.45, 7) is 5.66. The number of hydrogen-bond donors (Lipinski definition) is 2. The number of pyridine rings is 2. The number of nitrogens with one attached hydrogen (secondary N) is 1. The lowest BCUT2D eigenvalue weighted by Gasteiger charge is -2.33. The van der Waals surface area contributed by atoms with Crippen LogP contribution in [0.15, 0.2) is 94.9 Å². The average Bonchev–Trinajstić information content (AvgIpc) is 3.55. The monoisotopic (exact) mass is 721 g/mol. The van der Waals surface area contributed by atoms with Gasteiger partial charge >= 0.3 is 11.8 Å². The highest BCUT2D eigenvalue weighted by atomic mass is 19.1. The Hall–Kier alpha value is -6.18. The van der Waals surface area contributed by atoms with E-state index >= 15 is 0 Å². The number of rotatable bonds is 7. The van der Waals surface area contributed by atoms with Gasteiger partial charge in [-0.1, -0.05) is 30.3 Å². The summed E-state index contributed by atoms with van der Waals surface area (Å²) in [4.78, 5) is 63.0. The number of fused-ring (bicyclic) bond motifs is 2. The molecule has 1 aliphatic carbocycles. The first-order valence-electron chi connectivity index (χ1n) is 17.2. The molecule has 0 unspecified atom stereocenters. The summed E-state index contributed by atoms with van der Waals surface area (Å²) in [5.74, 6) is -1.59. The Morgan fingerprint density at radius 2 is 1.64 bits per heavy atom. The van der Waals surface area contributed by atoms with E-state index in [0.717, 1.165) is 29.0 Å². The van der Waals surface area contributed by atoms with Crippen molar-refractivity contribution in [2.75, 3.05) is 0 Å². The molecule has 53 heavy (non-hydrogen) atoms. The van der Waals surface area contributed by atoms with E-state index in [0.29, 0.717) is 37.0 Å². The molecule has 4 heterocycles. The summed E-state index contributed by atoms with van der Waals surface area (Å²) in [6, 6.07) is 17.6. The van der Waals surface area contributed by atoms with Gasteiger partial charge in [-0.2, -0.15) is 0 Å². The first kappa shape index (κ1) is 35.2. The van der Waals surface area contributed by atoms with Crippen LogP contribution in [0.3, 0.4) is 0 Å². The van der Waals surface area contributed by atoms with Gasteiger partial charge in [-0.05, 0) is 99.5 Å². The van der Waals surface area contributed by atoms with Crippen LogP contribution < -0.4 is 16.6 Å². The molecule has 1 fully saturated rings. The standard InChI is InChI=1S/C39H37F2N7O5/c1-39(2,3)46(38(52)53)20-23-6-4-7-24(16-23)25-8-5-9-30(17-25)47-34-31(18-27(41)19-42-34)36(50)48(37(47)51)29-13-11-28(12-14-29)43-35(49)32-22-45-21-26(40)10-15-33(45)44-32/h4-10,15-19,21-22,28-29H,11-14,20H2,1-3H3,(H,43,49)(H,52,53). The number of aromatic nitrogens is 5. The number of hydrogen-bond acceptors (Lipinski definition) is 6. The van der Waals surface area contributed by atoms with E-state index in [1.165, 1.54) is 43.0 Å². The number of imidazole rings is 1. The maximum atomic E-state index is 14.6. The van der Waals surface area contributed by atoms with E-state index in [-0.39, 0.29) is 29.3 Å². The second-order valence-electron chi connectivity index (χ2n) is 14.3. The van der Waals surface area contributed by atoms with E-state index in [9.17, 15) is 33.1 Å². The summed E-state index contributed by atoms with van der Waals surface area (Å²) in [6.07, 6.45) is 4.32. The van der Waals surface area contributed by atoms with Gasteiger partial charge in [-0.3, -0.25) is 19.1 Å². The molecule has 2 N–H and O–H groups in total. The highest BCUT2D eigenvalue weighted by Gasteiger charge is 2.29. The van der Waals surface area contributed by atoms with Crippen LogP contribution in [-0.2, 0) is 6.54 Å². The molecule has 1 aliphatic rings. The molecule has 0 saturated heterocycles. The van der Waals surface area contributed by atoms with Crippen molar-refractivity contribution >= 4 is 28.7 Å². The zero-order chi connectivity index (χ0) is 37.6. The summed E-state index contributed by atoms with van der Waals surface area (Å²) < 4.78 is 32.1. The Labute approximate surface area is 302 Å². The minimum atomic E-state index is -1.03. The van der Waals surface area contributed by atoms with Gasteiger partial charge in [0.1, 0.15) is 23.0 Å². The number of carbonyl (C=O) groups excluding carboxylic acids is 1. The van der Waals surface area contributed by atoms with E-state index in [1.807, 2.05) is 51.1 Å². The zero-order valence-corrected chi connectivity index (χ0v) is 29.3. The van der Waals surface area contributed by atoms with Crippen molar-refractivity contribution in [3.8, 4) is 16.8 Å². The van der Waals surface area contributed by atoms with Gasteiger partial charge in [0.05, 0.1) is 17.3 Å². The molecule has 272 valence electrons. The molecule has 0 atom stereocenters. The van der Waals surface area contributed by atoms with Crippen LogP contribution >= 0.6 is 0 Å². The average molecular weight is 722 g/mol. The van der Waals surface area contributed by atoms with Crippen molar-refractivity contribution < 1.29 is 23.5 Å². The van der Waals surface area contributed by atoms with Crippen molar-refractivity contribution in [2.45, 2.75) is 70.6 Å². The smallest absolute Gasteiger partial charge is 0.408 e. The molecule has 1 saturated carbocycles. The van der Waals surface area contributed by atoms with Gasteiger partial charge in [-0.15, -0.1) is 0 Å². The maximum Gasteiger partial charge on any atom is 0.408 e. The minimum absolute atomic E-state index is 0.0131. The second kappa shape index (κ2) is 13.7. The molecule has 12 nitrogen and oxygen atoms in total. The van der Waals surface area contributed by atoms with Gasteiger partial charge in [0.25, 0.3) is 11.5 Å². The van der Waals surface area contributed by atoms with Crippen LogP contribution in [0, 0.1) is 11.6 Å². The van der Waals surface area contributed by atoms with Crippen LogP contribution in [0.1, 0.15) is 68.5 Å². The van der Waals surface area contributed by atoms with E-state index in [2.05, 4.69) is 15.3 Å². The van der Waals surface area contributed by atoms with Gasteiger partial charge in [0, 0.05) is 36.6 Å². The number of halogens is 2. The fraction of sp³-hybridized carbons (Fsp3) is 0.282. The number of amides is 2. The van der Waals surface area contributed by atoms with Crippen LogP contribution in [0.4, 0.5) is 13.6 Å². The van der Waals surface area contributed by atoms with E-state index in [1.54, 1.807) is 18.2 Å². The first-order valence-corrected chi connectivity index (χ1v) is 17.2. The fourth-order valence-corrected chi connectivity index (χ4v) is 7.00. The summed E-state index contributed by atoms with van der Waals surface area (Å²) >= 11 is 0. The molecule has 0 radical (unpaired) electrons. The highest BCUT2D eigenvalue weighted by Crippen LogP contribution is 2.29. The SMILES string of the molecule is CC(C)(C)N(Cc1cccc(-c2cccc(-n3c(=O)n(C4CCC(NC(=O)c5cn6cc(F)ccc6n5)CC4)c(=O)c4cc(F)cnc43)c2)c1)C(=O)O. The molecule has 0 bridgehead atoms. The summed E-state index contributed by atoms with van der Waals surface area (Å²) in [5, 5.41) is 12.7. The van der Waals surface area contributed by atoms with E-state index in [4.69, 9.17) is 0 Å². The number of carboxylic acid groups (broad SMARTS) is 1. The van der Waals surface area contributed by atoms with Crippen LogP contribution in [0.25, 0.3) is 33.5 Å². The van der Waals surface area contributed by atoms with Crippen molar-refractivity contribution in [1.29, 1.82) is 0 Å². The third-order valence-corrected chi connectivity index (χ3v) is 9.68. The predicted octanol–water partition coefficient (Wildman–Crippen LogP) is 6.33. The number of nitrogens with zero attached hydrogens (tertiary/aromatic N) is 6. The molecular formula is C39H37F2N7O5. The lowest BCUT2D eigenvalue weighted by atomic mass is 9.90. The van der Waals surface area contributed by atoms with Crippen LogP contribution in [-0.4, -0.2) is 57.1 Å². The lowest BCUT2D eigenvalue weighted by molar-refractivity contribution is 0.0915. The largest absolute Gasteiger partial charge is 0.465 e. The molecule has 2 aromatic carbocycles. The number of carbonyl (C=O) groups is 2. The van der Waals surface area contributed by atoms with Gasteiger partial charge in [0.15, 0.2) is 5.65 Å². The van der Waals surface area contributed by atoms with Gasteiger partial charge < -0.3 is 14.8 Å². The predicted molar refractivity (Wildman–Crippen MR) is 194 cm³/mol. The van der Waals surface area contributed by atoms with Gasteiger partial charge in [-0.25, -0.2) is 32.9 Å². The van der Waals surface area contributed by atoms with Crippen LogP contribution in [0.5, 0.6) is 0 Å². The molecule has 0 aliphatic heterocycles. The van der Waals surface area contributed by atoms with Crippen molar-refractivity contribution in [1.82, 2.24) is 33.7 Å². The Balaban J connectivity index is 1.18. The van der Waals surface area contributed by atoms with Crippen LogP contribution in [0.2, 0.25) is 0 Å². The molecule has 0 spiro atoms. The molecule has 7 rings (SSSR count). The Morgan fingerprint density at radius 3 is 2.36 bits per heavy atom. The topological polar surface area (TPSA) is 144 Å². The Kier molecular flexibility index (Phi) is 9.14. The maximum absolute atomic E-state index is 14.6. The molecule has 2 amide bonds. The fourth-order valence-electron chi connectivity index (χ4n) is 7.00. The lowest BCUT2D eigenvalue weighted by Crippen LogP contribution is -2.45. The second-order valence-corrected chi connectivity index (χ2v) is 14.3. The molecule has 14 heteroatoms. The molecular weight excluding hydrogens is 684 g/mol. The highest BCUT2D eigenvalue weighted by molar-refractivity contribution is 5.93. The molecule has 4 aromatic heterocycles. The Bertz CT molecular complexity index is 2510. The Morgan fingerprint density at radius 1 is 0.925 bits per heavy atom. The van der Waals surface area contributed by atoms with Gasteiger partial charge in [0.2, 0.25) is 0 Å². The number of benzene rings is 2. The summed E-state index contributed by atoms with van der Waals surface area (Å²) in [5.41, 5.74) is 1.39. The normalized spacial score (nSPS) is 16.2. The van der Waals surface area contributed by atoms with Crippen molar-refractivity contribution in [3.05, 3.63) is 129 Å². The van der Waals surface area contributed by atoms with Crippen molar-refractivity contribution in [3.63, 3.8) is 0 Å². The third-order valence-electron chi connectivity index (χ3n) is 9.68. The first-order chi connectivity index (χ1) is 25.3. The van der Waals surface area contributed by atoms with Crippen molar-refractivity contribution in [2.24, 2.45) is 0 Å². The molecule has 6 aromatic rings. The summed E-state index contributed by atoms with van der Waals surface area (Å²) in [7, 11) is 0. The quantitative estimate of drug-likeness (QED) is 0.196. The zero-order valence-electron chi connectivity index (χ0n) is 29.3. The third kappa shape index (κ3) is 7.04.